The second-order valence-electron chi connectivity index (χ2n) is 9.88. The van der Waals surface area contributed by atoms with Gasteiger partial charge in [0, 0.05) is 30.6 Å². The molecule has 0 aromatic heterocycles. The molecule has 0 bridgehead atoms. The molecule has 1 aliphatic heterocycles. The van der Waals surface area contributed by atoms with E-state index in [0.29, 0.717) is 12.1 Å². The Bertz CT molecular complexity index is 1340. The molecule has 3 rings (SSSR count). The summed E-state index contributed by atoms with van der Waals surface area (Å²) >= 11 is 0. The number of carbonyl (C=O) groups excluding carboxylic acids is 1. The van der Waals surface area contributed by atoms with Crippen LogP contribution in [0.3, 0.4) is 0 Å². The third kappa shape index (κ3) is 6.78. The fourth-order valence-corrected chi connectivity index (χ4v) is 5.85. The van der Waals surface area contributed by atoms with E-state index < -0.39 is 98.7 Å². The van der Waals surface area contributed by atoms with Crippen LogP contribution in [0.4, 0.5) is 46.5 Å². The molecule has 0 aliphatic carbocycles. The molecule has 0 radical (unpaired) electrons. The van der Waals surface area contributed by atoms with E-state index in [0.717, 1.165) is 36.3 Å². The van der Waals surface area contributed by atoms with Gasteiger partial charge in [-0.15, -0.1) is 0 Å². The van der Waals surface area contributed by atoms with Crippen molar-refractivity contribution in [3.8, 4) is 5.75 Å². The van der Waals surface area contributed by atoms with Crippen molar-refractivity contribution in [2.45, 2.75) is 49.4 Å². The molecule has 0 saturated carbocycles. The third-order valence-electron chi connectivity index (χ3n) is 6.31. The summed E-state index contributed by atoms with van der Waals surface area (Å²) < 4.78 is 147. The van der Waals surface area contributed by atoms with Crippen molar-refractivity contribution in [2.24, 2.45) is 11.3 Å². The van der Waals surface area contributed by atoms with Crippen LogP contribution >= 0.6 is 0 Å². The second kappa shape index (κ2) is 11.1. The number of carbonyl (C=O) groups is 1. The van der Waals surface area contributed by atoms with Gasteiger partial charge >= 0.3 is 18.3 Å². The average Bonchev–Trinajstić information content (AvgIpc) is 2.93. The first-order valence-corrected chi connectivity index (χ1v) is 13.3. The first-order chi connectivity index (χ1) is 18.3. The highest BCUT2D eigenvalue weighted by atomic mass is 32.2. The van der Waals surface area contributed by atoms with E-state index in [4.69, 9.17) is 4.74 Å². The number of alkyl halides is 7. The number of methoxy groups -OCH3 is 1. The van der Waals surface area contributed by atoms with E-state index in [2.05, 4.69) is 4.74 Å². The van der Waals surface area contributed by atoms with Gasteiger partial charge in [0.2, 0.25) is 15.3 Å². The quantitative estimate of drug-likeness (QED) is 0.262. The van der Waals surface area contributed by atoms with Gasteiger partial charge in [-0.1, -0.05) is 0 Å². The van der Waals surface area contributed by atoms with Crippen LogP contribution in [-0.2, 0) is 25.5 Å². The van der Waals surface area contributed by atoms with Gasteiger partial charge in [0.15, 0.2) is 0 Å². The smallest absolute Gasteiger partial charge is 0.420 e. The van der Waals surface area contributed by atoms with Gasteiger partial charge in [-0.3, -0.25) is 4.79 Å². The molecule has 1 heterocycles. The van der Waals surface area contributed by atoms with Crippen molar-refractivity contribution in [3.63, 3.8) is 0 Å². The van der Waals surface area contributed by atoms with Crippen LogP contribution in [0.25, 0.3) is 0 Å². The number of esters is 1. The summed E-state index contributed by atoms with van der Waals surface area (Å²) in [7, 11) is -4.13. The zero-order valence-electron chi connectivity index (χ0n) is 21.4. The number of anilines is 2. The highest BCUT2D eigenvalue weighted by Gasteiger charge is 2.46. The lowest BCUT2D eigenvalue weighted by atomic mass is 9.95. The molecule has 0 spiro atoms. The van der Waals surface area contributed by atoms with Gasteiger partial charge < -0.3 is 14.4 Å². The Morgan fingerprint density at radius 1 is 1.05 bits per heavy atom. The molecule has 40 heavy (non-hydrogen) atoms. The van der Waals surface area contributed by atoms with Crippen molar-refractivity contribution >= 4 is 27.2 Å². The zero-order chi connectivity index (χ0) is 30.3. The minimum atomic E-state index is -5.17. The van der Waals surface area contributed by atoms with E-state index in [1.165, 1.54) is 13.8 Å². The summed E-state index contributed by atoms with van der Waals surface area (Å²) in [5.74, 6) is -4.47. The average molecular weight is 604 g/mol. The van der Waals surface area contributed by atoms with E-state index >= 15 is 4.39 Å². The van der Waals surface area contributed by atoms with Crippen LogP contribution in [0.2, 0.25) is 0 Å². The van der Waals surface area contributed by atoms with Crippen molar-refractivity contribution in [1.29, 1.82) is 0 Å². The molecule has 222 valence electrons. The molecule has 0 saturated heterocycles. The van der Waals surface area contributed by atoms with Gasteiger partial charge in [-0.25, -0.2) is 17.2 Å². The minimum absolute atomic E-state index is 0.0856. The van der Waals surface area contributed by atoms with E-state index in [1.807, 2.05) is 0 Å². The van der Waals surface area contributed by atoms with Crippen LogP contribution in [0.15, 0.2) is 41.3 Å². The molecule has 15 heteroatoms. The number of benzene rings is 2. The molecule has 0 N–H and O–H groups in total. The van der Waals surface area contributed by atoms with Crippen LogP contribution in [0, 0.1) is 17.2 Å². The van der Waals surface area contributed by atoms with Gasteiger partial charge in [0.1, 0.15) is 18.2 Å². The first-order valence-electron chi connectivity index (χ1n) is 11.7. The maximum absolute atomic E-state index is 15.5. The predicted molar refractivity (Wildman–Crippen MR) is 127 cm³/mol. The molecule has 0 unspecified atom stereocenters. The topological polar surface area (TPSA) is 72.9 Å². The van der Waals surface area contributed by atoms with Crippen molar-refractivity contribution in [3.05, 3.63) is 47.8 Å². The Labute approximate surface area is 224 Å². The number of hydrogen-bond donors (Lipinski definition) is 0. The Morgan fingerprint density at radius 2 is 1.65 bits per heavy atom. The Hall–Kier alpha value is -3.10. The van der Waals surface area contributed by atoms with Crippen LogP contribution < -0.4 is 9.64 Å². The monoisotopic (exact) mass is 603 g/mol. The highest BCUT2D eigenvalue weighted by molar-refractivity contribution is 7.92. The summed E-state index contributed by atoms with van der Waals surface area (Å²) in [5, 5.41) is 0. The lowest BCUT2D eigenvalue weighted by Crippen LogP contribution is -2.32. The summed E-state index contributed by atoms with van der Waals surface area (Å²) in [6.45, 7) is 1.13. The minimum Gasteiger partial charge on any atom is -0.492 e. The van der Waals surface area contributed by atoms with E-state index in [-0.39, 0.29) is 5.69 Å². The SMILES string of the molecule is COC(=O)C(C)(C)COc1cc2c(cc1C(F)(F)F)N(c1ccc(F)cc1)C[C@@H](CCC(F)(F)F)[C@@H](F)S2(=O)=O. The normalized spacial score (nSPS) is 19.5. The molecule has 2 aromatic rings. The number of nitrogens with zero attached hydrogens (tertiary/aromatic N) is 1. The Balaban J connectivity index is 2.25. The van der Waals surface area contributed by atoms with Gasteiger partial charge in [0.25, 0.3) is 0 Å². The Morgan fingerprint density at radius 3 is 2.17 bits per heavy atom. The van der Waals surface area contributed by atoms with Gasteiger partial charge in [-0.2, -0.15) is 26.3 Å². The molecule has 6 nitrogen and oxygen atoms in total. The van der Waals surface area contributed by atoms with Crippen LogP contribution in [0.5, 0.6) is 5.75 Å². The number of halogens is 8. The van der Waals surface area contributed by atoms with Crippen LogP contribution in [0.1, 0.15) is 32.3 Å². The van der Waals surface area contributed by atoms with Crippen LogP contribution in [-0.4, -0.2) is 46.3 Å². The molecule has 0 amide bonds. The lowest BCUT2D eigenvalue weighted by Gasteiger charge is -2.29. The first kappa shape index (κ1) is 31.4. The van der Waals surface area contributed by atoms with Gasteiger partial charge in [-0.05, 0) is 50.6 Å². The lowest BCUT2D eigenvalue weighted by molar-refractivity contribution is -0.152. The number of rotatable bonds is 7. The van der Waals surface area contributed by atoms with E-state index in [9.17, 15) is 43.9 Å². The highest BCUT2D eigenvalue weighted by Crippen LogP contribution is 2.47. The molecule has 2 aromatic carbocycles. The molecule has 0 fully saturated rings. The molecule has 1 aliphatic rings. The van der Waals surface area contributed by atoms with Crippen molar-refractivity contribution < 1.29 is 57.8 Å². The standard InChI is InChI=1S/C25H25F8NO5S/c1-23(2,22(35)38-3)13-39-19-11-20-18(10-17(19)25(31,32)33)34(16-6-4-15(26)5-7-16)12-14(8-9-24(28,29)30)21(27)40(20,36)37/h4-7,10-11,14,21H,8-9,12-13H2,1-3H3/t14-,21+/m1/s1. The maximum Gasteiger partial charge on any atom is 0.420 e. The fourth-order valence-electron chi connectivity index (χ4n) is 4.15. The van der Waals surface area contributed by atoms with Crippen molar-refractivity contribution in [2.75, 3.05) is 25.2 Å². The zero-order valence-corrected chi connectivity index (χ0v) is 22.2. The van der Waals surface area contributed by atoms with E-state index in [1.54, 1.807) is 0 Å². The third-order valence-corrected chi connectivity index (χ3v) is 8.23. The van der Waals surface area contributed by atoms with Crippen molar-refractivity contribution in [1.82, 2.24) is 0 Å². The predicted octanol–water partition coefficient (Wildman–Crippen LogP) is 6.60. The molecule has 2 atom stereocenters. The number of hydrogen-bond acceptors (Lipinski definition) is 6. The van der Waals surface area contributed by atoms with Gasteiger partial charge in [0.05, 0.1) is 28.7 Å². The summed E-state index contributed by atoms with van der Waals surface area (Å²) in [6.07, 6.45) is -12.4. The summed E-state index contributed by atoms with van der Waals surface area (Å²) in [4.78, 5) is 11.9. The summed E-state index contributed by atoms with van der Waals surface area (Å²) in [6, 6.07) is 4.78. The maximum atomic E-state index is 15.5. The fraction of sp³-hybridized carbons (Fsp3) is 0.480. The second-order valence-corrected chi connectivity index (χ2v) is 11.9. The number of ether oxygens (including phenoxy) is 2. The Kier molecular flexibility index (Phi) is 8.68. The number of sulfone groups is 1. The number of fused-ring (bicyclic) bond motifs is 1. The summed E-state index contributed by atoms with van der Waals surface area (Å²) in [5.41, 5.74) is -6.66. The molecular formula is C25H25F8NO5S. The molecular weight excluding hydrogens is 578 g/mol. The largest absolute Gasteiger partial charge is 0.492 e.